The molecule has 0 saturated carbocycles. The molecule has 23 heavy (non-hydrogen) atoms. The first kappa shape index (κ1) is 18.1. The predicted molar refractivity (Wildman–Crippen MR) is 94.6 cm³/mol. The standard InChI is InChI=1S/C17H19BrFNO2S/c1-17(2,11-12-18)20-23(21,22)16-14(9-6-10-15(16)19)13-7-4-3-5-8-13/h3-10,20H,11-12H2,1-2H3. The topological polar surface area (TPSA) is 46.2 Å². The lowest BCUT2D eigenvalue weighted by Crippen LogP contribution is -2.44. The highest BCUT2D eigenvalue weighted by atomic mass is 79.9. The Bertz CT molecular complexity index is 776. The third-order valence-electron chi connectivity index (χ3n) is 3.45. The molecule has 0 amide bonds. The van der Waals surface area contributed by atoms with Crippen molar-refractivity contribution in [3.05, 3.63) is 54.3 Å². The van der Waals surface area contributed by atoms with Gasteiger partial charge in [0.2, 0.25) is 10.0 Å². The number of alkyl halides is 1. The fourth-order valence-electron chi connectivity index (χ4n) is 2.33. The second-order valence-electron chi connectivity index (χ2n) is 5.91. The van der Waals surface area contributed by atoms with Gasteiger partial charge in [-0.1, -0.05) is 58.4 Å². The van der Waals surface area contributed by atoms with Crippen LogP contribution in [0.25, 0.3) is 11.1 Å². The van der Waals surface area contributed by atoms with Crippen LogP contribution < -0.4 is 4.72 Å². The lowest BCUT2D eigenvalue weighted by molar-refractivity contribution is 0.441. The maximum atomic E-state index is 14.4. The van der Waals surface area contributed by atoms with Gasteiger partial charge in [-0.15, -0.1) is 0 Å². The first-order valence-corrected chi connectivity index (χ1v) is 9.81. The Morgan fingerprint density at radius 1 is 1.09 bits per heavy atom. The quantitative estimate of drug-likeness (QED) is 0.734. The van der Waals surface area contributed by atoms with Crippen LogP contribution in [-0.4, -0.2) is 19.3 Å². The van der Waals surface area contributed by atoms with Crippen LogP contribution in [0.3, 0.4) is 0 Å². The van der Waals surface area contributed by atoms with Crippen molar-refractivity contribution in [1.82, 2.24) is 4.72 Å². The molecule has 0 spiro atoms. The van der Waals surface area contributed by atoms with E-state index in [9.17, 15) is 12.8 Å². The normalized spacial score (nSPS) is 12.3. The van der Waals surface area contributed by atoms with Crippen LogP contribution in [0.5, 0.6) is 0 Å². The fraction of sp³-hybridized carbons (Fsp3) is 0.294. The second kappa shape index (κ2) is 7.11. The Balaban J connectivity index is 2.55. The molecule has 0 unspecified atom stereocenters. The highest BCUT2D eigenvalue weighted by Crippen LogP contribution is 2.30. The first-order valence-electron chi connectivity index (χ1n) is 7.21. The van der Waals surface area contributed by atoms with Gasteiger partial charge in [-0.2, -0.15) is 0 Å². The molecule has 1 N–H and O–H groups in total. The summed E-state index contributed by atoms with van der Waals surface area (Å²) in [6.45, 7) is 3.55. The van der Waals surface area contributed by atoms with Crippen molar-refractivity contribution in [2.24, 2.45) is 0 Å². The number of sulfonamides is 1. The number of benzene rings is 2. The number of hydrogen-bond donors (Lipinski definition) is 1. The van der Waals surface area contributed by atoms with Crippen LogP contribution in [0.2, 0.25) is 0 Å². The zero-order chi connectivity index (χ0) is 17.1. The average molecular weight is 400 g/mol. The van der Waals surface area contributed by atoms with Gasteiger partial charge in [0.05, 0.1) is 0 Å². The molecule has 0 fully saturated rings. The summed E-state index contributed by atoms with van der Waals surface area (Å²) in [4.78, 5) is -0.311. The van der Waals surface area contributed by atoms with Gasteiger partial charge in [0.15, 0.2) is 0 Å². The molecule has 0 aliphatic heterocycles. The molecule has 0 saturated heterocycles. The summed E-state index contributed by atoms with van der Waals surface area (Å²) < 4.78 is 42.5. The zero-order valence-electron chi connectivity index (χ0n) is 13.0. The summed E-state index contributed by atoms with van der Waals surface area (Å²) in [6, 6.07) is 13.2. The Morgan fingerprint density at radius 2 is 1.74 bits per heavy atom. The van der Waals surface area contributed by atoms with E-state index in [4.69, 9.17) is 0 Å². The molecule has 0 aromatic heterocycles. The molecule has 2 rings (SSSR count). The first-order chi connectivity index (χ1) is 10.8. The largest absolute Gasteiger partial charge is 0.244 e. The summed E-state index contributed by atoms with van der Waals surface area (Å²) in [5.41, 5.74) is 0.330. The average Bonchev–Trinajstić information content (AvgIpc) is 2.46. The molecule has 6 heteroatoms. The highest BCUT2D eigenvalue weighted by molar-refractivity contribution is 9.09. The summed E-state index contributed by atoms with van der Waals surface area (Å²) >= 11 is 3.31. The van der Waals surface area contributed by atoms with E-state index in [0.29, 0.717) is 22.9 Å². The van der Waals surface area contributed by atoms with Crippen LogP contribution in [0.4, 0.5) is 4.39 Å². The number of halogens is 2. The van der Waals surface area contributed by atoms with E-state index in [2.05, 4.69) is 20.7 Å². The summed E-state index contributed by atoms with van der Waals surface area (Å²) in [5, 5.41) is 0.644. The van der Waals surface area contributed by atoms with E-state index >= 15 is 0 Å². The van der Waals surface area contributed by atoms with E-state index in [1.807, 2.05) is 6.07 Å². The SMILES string of the molecule is CC(C)(CCBr)NS(=O)(=O)c1c(F)cccc1-c1ccccc1. The van der Waals surface area contributed by atoms with Gasteiger partial charge in [-0.25, -0.2) is 17.5 Å². The van der Waals surface area contributed by atoms with E-state index in [1.165, 1.54) is 12.1 Å². The Labute approximate surface area is 145 Å². The molecule has 0 aliphatic carbocycles. The van der Waals surface area contributed by atoms with Gasteiger partial charge in [0.25, 0.3) is 0 Å². The minimum Gasteiger partial charge on any atom is -0.207 e. The van der Waals surface area contributed by atoms with Crippen LogP contribution in [0, 0.1) is 5.82 Å². The van der Waals surface area contributed by atoms with Crippen molar-refractivity contribution < 1.29 is 12.8 Å². The summed E-state index contributed by atoms with van der Waals surface area (Å²) in [6.07, 6.45) is 0.585. The van der Waals surface area contributed by atoms with Gasteiger partial charge in [-0.3, -0.25) is 0 Å². The molecular weight excluding hydrogens is 381 g/mol. The van der Waals surface area contributed by atoms with Crippen LogP contribution in [0.15, 0.2) is 53.4 Å². The number of hydrogen-bond acceptors (Lipinski definition) is 2. The van der Waals surface area contributed by atoms with Gasteiger partial charge in [-0.05, 0) is 31.9 Å². The maximum Gasteiger partial charge on any atom is 0.244 e. The molecule has 0 atom stereocenters. The molecule has 2 aromatic carbocycles. The third-order valence-corrected chi connectivity index (χ3v) is 5.62. The molecule has 124 valence electrons. The smallest absolute Gasteiger partial charge is 0.207 e. The predicted octanol–water partition coefficient (Wildman–Crippen LogP) is 4.33. The molecular formula is C17H19BrFNO2S. The minimum atomic E-state index is -4.00. The Morgan fingerprint density at radius 3 is 2.35 bits per heavy atom. The highest BCUT2D eigenvalue weighted by Gasteiger charge is 2.30. The summed E-state index contributed by atoms with van der Waals surface area (Å²) in [7, 11) is -4.00. The maximum absolute atomic E-state index is 14.4. The minimum absolute atomic E-state index is 0.311. The Hall–Kier alpha value is -1.24. The third kappa shape index (κ3) is 4.40. The fourth-order valence-corrected chi connectivity index (χ4v) is 5.05. The van der Waals surface area contributed by atoms with Crippen LogP contribution in [-0.2, 0) is 10.0 Å². The monoisotopic (exact) mass is 399 g/mol. The molecule has 0 radical (unpaired) electrons. The molecule has 0 bridgehead atoms. The van der Waals surface area contributed by atoms with Crippen LogP contribution in [0.1, 0.15) is 20.3 Å². The van der Waals surface area contributed by atoms with Gasteiger partial charge in [0.1, 0.15) is 10.7 Å². The molecule has 2 aromatic rings. The van der Waals surface area contributed by atoms with E-state index in [1.54, 1.807) is 44.2 Å². The van der Waals surface area contributed by atoms with Gasteiger partial charge in [0, 0.05) is 16.4 Å². The lowest BCUT2D eigenvalue weighted by atomic mass is 10.0. The molecule has 0 heterocycles. The molecule has 3 nitrogen and oxygen atoms in total. The zero-order valence-corrected chi connectivity index (χ0v) is 15.4. The molecule has 0 aliphatic rings. The van der Waals surface area contributed by atoms with Crippen molar-refractivity contribution in [2.45, 2.75) is 30.7 Å². The van der Waals surface area contributed by atoms with Crippen molar-refractivity contribution in [3.63, 3.8) is 0 Å². The van der Waals surface area contributed by atoms with Crippen molar-refractivity contribution >= 4 is 26.0 Å². The van der Waals surface area contributed by atoms with Gasteiger partial charge < -0.3 is 0 Å². The second-order valence-corrected chi connectivity index (χ2v) is 8.32. The van der Waals surface area contributed by atoms with Crippen LogP contribution >= 0.6 is 15.9 Å². The van der Waals surface area contributed by atoms with Crippen molar-refractivity contribution in [3.8, 4) is 11.1 Å². The Kier molecular flexibility index (Phi) is 5.60. The number of nitrogens with one attached hydrogen (secondary N) is 1. The van der Waals surface area contributed by atoms with E-state index in [-0.39, 0.29) is 4.90 Å². The van der Waals surface area contributed by atoms with Gasteiger partial charge >= 0.3 is 0 Å². The van der Waals surface area contributed by atoms with Crippen molar-refractivity contribution in [1.29, 1.82) is 0 Å². The van der Waals surface area contributed by atoms with E-state index < -0.39 is 21.4 Å². The summed E-state index contributed by atoms with van der Waals surface area (Å²) in [5.74, 6) is -0.756. The number of rotatable bonds is 6. The van der Waals surface area contributed by atoms with E-state index in [0.717, 1.165) is 0 Å². The lowest BCUT2D eigenvalue weighted by Gasteiger charge is -2.26. The van der Waals surface area contributed by atoms with Crippen molar-refractivity contribution in [2.75, 3.05) is 5.33 Å².